The van der Waals surface area contributed by atoms with Crippen LogP contribution < -0.4 is 10.6 Å². The summed E-state index contributed by atoms with van der Waals surface area (Å²) in [6, 6.07) is 24.9. The highest BCUT2D eigenvalue weighted by Gasteiger charge is 2.16. The fourth-order valence-electron chi connectivity index (χ4n) is 3.77. The van der Waals surface area contributed by atoms with Crippen molar-refractivity contribution >= 4 is 29.3 Å². The first-order valence-corrected chi connectivity index (χ1v) is 12.4. The molecule has 0 unspecified atom stereocenters. The fraction of sp³-hybridized carbons (Fsp3) is 0.179. The first-order valence-electron chi connectivity index (χ1n) is 11.4. The highest BCUT2D eigenvalue weighted by molar-refractivity contribution is 8.00. The van der Waals surface area contributed by atoms with Crippen LogP contribution in [-0.2, 0) is 11.3 Å². The lowest BCUT2D eigenvalue weighted by molar-refractivity contribution is -0.113. The number of benzene rings is 3. The van der Waals surface area contributed by atoms with Gasteiger partial charge in [0.15, 0.2) is 0 Å². The predicted octanol–water partition coefficient (Wildman–Crippen LogP) is 5.46. The molecule has 4 rings (SSSR count). The molecule has 0 saturated heterocycles. The molecule has 0 aliphatic carbocycles. The molecule has 0 aliphatic heterocycles. The summed E-state index contributed by atoms with van der Waals surface area (Å²) in [5.41, 5.74) is 6.28. The van der Waals surface area contributed by atoms with E-state index in [1.165, 1.54) is 11.8 Å². The van der Waals surface area contributed by atoms with Gasteiger partial charge in [-0.05, 0) is 57.2 Å². The molecule has 0 bridgehead atoms. The summed E-state index contributed by atoms with van der Waals surface area (Å²) in [5.74, 6) is -0.0906. The topological polar surface area (TPSA) is 76.0 Å². The zero-order valence-electron chi connectivity index (χ0n) is 20.0. The van der Waals surface area contributed by atoms with Gasteiger partial charge in [-0.15, -0.1) is 11.8 Å². The standard InChI is InChI=1S/C28H28N4O2S/c1-19-13-15-22(16-14-19)30-27(33)18-35-26-12-8-7-11-24(26)28(34)29-17-25-20(2)31-32(21(25)3)23-9-5-4-6-10-23/h4-16H,17-18H2,1-3H3,(H,29,34)(H,30,33). The average molecular weight is 485 g/mol. The minimum absolute atomic E-state index is 0.117. The van der Waals surface area contributed by atoms with Gasteiger partial charge in [0, 0.05) is 28.4 Å². The van der Waals surface area contributed by atoms with Gasteiger partial charge in [-0.1, -0.05) is 48.0 Å². The van der Waals surface area contributed by atoms with Crippen LogP contribution in [-0.4, -0.2) is 27.3 Å². The van der Waals surface area contributed by atoms with E-state index in [0.29, 0.717) is 12.1 Å². The van der Waals surface area contributed by atoms with E-state index in [0.717, 1.165) is 38.8 Å². The normalized spacial score (nSPS) is 10.7. The smallest absolute Gasteiger partial charge is 0.252 e. The molecule has 0 aliphatic rings. The molecule has 2 N–H and O–H groups in total. The lowest BCUT2D eigenvalue weighted by Crippen LogP contribution is -2.24. The highest BCUT2D eigenvalue weighted by atomic mass is 32.2. The Morgan fingerprint density at radius 1 is 0.886 bits per heavy atom. The number of carbonyl (C=O) groups excluding carboxylic acids is 2. The molecule has 7 heteroatoms. The third kappa shape index (κ3) is 6.00. The van der Waals surface area contributed by atoms with E-state index in [1.807, 2.05) is 98.2 Å². The van der Waals surface area contributed by atoms with Crippen molar-refractivity contribution in [1.82, 2.24) is 15.1 Å². The van der Waals surface area contributed by atoms with Crippen molar-refractivity contribution in [3.63, 3.8) is 0 Å². The Balaban J connectivity index is 1.40. The van der Waals surface area contributed by atoms with Crippen LogP contribution in [0.3, 0.4) is 0 Å². The molecule has 3 aromatic carbocycles. The molecule has 4 aromatic rings. The number of thioether (sulfide) groups is 1. The van der Waals surface area contributed by atoms with Crippen LogP contribution in [0.1, 0.15) is 32.9 Å². The molecule has 0 fully saturated rings. The Kier molecular flexibility index (Phi) is 7.67. The Morgan fingerprint density at radius 2 is 1.57 bits per heavy atom. The molecule has 0 radical (unpaired) electrons. The molecule has 1 aromatic heterocycles. The number of aromatic nitrogens is 2. The highest BCUT2D eigenvalue weighted by Crippen LogP contribution is 2.24. The van der Waals surface area contributed by atoms with Gasteiger partial charge in [-0.25, -0.2) is 4.68 Å². The third-order valence-electron chi connectivity index (χ3n) is 5.69. The lowest BCUT2D eigenvalue weighted by atomic mass is 10.1. The van der Waals surface area contributed by atoms with Gasteiger partial charge in [-0.3, -0.25) is 9.59 Å². The lowest BCUT2D eigenvalue weighted by Gasteiger charge is -2.11. The summed E-state index contributed by atoms with van der Waals surface area (Å²) >= 11 is 1.35. The van der Waals surface area contributed by atoms with Crippen LogP contribution in [0.4, 0.5) is 5.69 Å². The first kappa shape index (κ1) is 24.3. The second kappa shape index (κ2) is 11.1. The number of nitrogens with one attached hydrogen (secondary N) is 2. The van der Waals surface area contributed by atoms with Crippen LogP contribution in [0.2, 0.25) is 0 Å². The second-order valence-electron chi connectivity index (χ2n) is 8.28. The molecular weight excluding hydrogens is 456 g/mol. The van der Waals surface area contributed by atoms with Crippen molar-refractivity contribution in [3.8, 4) is 5.69 Å². The molecule has 0 saturated carbocycles. The van der Waals surface area contributed by atoms with Crippen molar-refractivity contribution in [1.29, 1.82) is 0 Å². The number of rotatable bonds is 8. The van der Waals surface area contributed by atoms with Gasteiger partial charge in [0.1, 0.15) is 0 Å². The SMILES string of the molecule is Cc1ccc(NC(=O)CSc2ccccc2C(=O)NCc2c(C)nn(-c3ccccc3)c2C)cc1. The van der Waals surface area contributed by atoms with E-state index in [2.05, 4.69) is 15.7 Å². The van der Waals surface area contributed by atoms with E-state index < -0.39 is 0 Å². The van der Waals surface area contributed by atoms with Crippen LogP contribution >= 0.6 is 11.8 Å². The third-order valence-corrected chi connectivity index (χ3v) is 6.77. The van der Waals surface area contributed by atoms with E-state index in [4.69, 9.17) is 0 Å². The maximum absolute atomic E-state index is 13.1. The van der Waals surface area contributed by atoms with E-state index >= 15 is 0 Å². The molecule has 1 heterocycles. The fourth-order valence-corrected chi connectivity index (χ4v) is 4.62. The molecular formula is C28H28N4O2S. The zero-order valence-corrected chi connectivity index (χ0v) is 20.9. The number of hydrogen-bond donors (Lipinski definition) is 2. The Bertz CT molecular complexity index is 1330. The summed E-state index contributed by atoms with van der Waals surface area (Å²) in [7, 11) is 0. The Morgan fingerprint density at radius 3 is 2.31 bits per heavy atom. The van der Waals surface area contributed by atoms with Crippen molar-refractivity contribution < 1.29 is 9.59 Å². The number of para-hydroxylation sites is 1. The van der Waals surface area contributed by atoms with Crippen LogP contribution in [0.25, 0.3) is 5.69 Å². The largest absolute Gasteiger partial charge is 0.348 e. The summed E-state index contributed by atoms with van der Waals surface area (Å²) < 4.78 is 1.90. The predicted molar refractivity (Wildman–Crippen MR) is 141 cm³/mol. The molecule has 6 nitrogen and oxygen atoms in total. The summed E-state index contributed by atoms with van der Waals surface area (Å²) in [5, 5.41) is 10.6. The van der Waals surface area contributed by atoms with Gasteiger partial charge in [-0.2, -0.15) is 5.10 Å². The summed E-state index contributed by atoms with van der Waals surface area (Å²) in [4.78, 5) is 26.2. The van der Waals surface area contributed by atoms with E-state index in [9.17, 15) is 9.59 Å². The van der Waals surface area contributed by atoms with Crippen molar-refractivity contribution in [2.75, 3.05) is 11.1 Å². The number of amides is 2. The minimum atomic E-state index is -0.182. The quantitative estimate of drug-likeness (QED) is 0.326. The van der Waals surface area contributed by atoms with Gasteiger partial charge < -0.3 is 10.6 Å². The van der Waals surface area contributed by atoms with Crippen molar-refractivity contribution in [2.45, 2.75) is 32.2 Å². The molecule has 178 valence electrons. The van der Waals surface area contributed by atoms with Gasteiger partial charge in [0.25, 0.3) is 5.91 Å². The van der Waals surface area contributed by atoms with Gasteiger partial charge >= 0.3 is 0 Å². The minimum Gasteiger partial charge on any atom is -0.348 e. The first-order chi connectivity index (χ1) is 16.9. The second-order valence-corrected chi connectivity index (χ2v) is 9.30. The van der Waals surface area contributed by atoms with Crippen LogP contribution in [0, 0.1) is 20.8 Å². The van der Waals surface area contributed by atoms with Crippen LogP contribution in [0.15, 0.2) is 83.8 Å². The maximum Gasteiger partial charge on any atom is 0.252 e. The van der Waals surface area contributed by atoms with Crippen LogP contribution in [0.5, 0.6) is 0 Å². The summed E-state index contributed by atoms with van der Waals surface area (Å²) in [6.45, 7) is 6.33. The maximum atomic E-state index is 13.1. The number of nitrogens with zero attached hydrogens (tertiary/aromatic N) is 2. The van der Waals surface area contributed by atoms with Crippen molar-refractivity contribution in [2.24, 2.45) is 0 Å². The molecule has 35 heavy (non-hydrogen) atoms. The van der Waals surface area contributed by atoms with Crippen molar-refractivity contribution in [3.05, 3.63) is 107 Å². The molecule has 2 amide bonds. The molecule has 0 atom stereocenters. The van der Waals surface area contributed by atoms with E-state index in [1.54, 1.807) is 6.07 Å². The molecule has 0 spiro atoms. The number of hydrogen-bond acceptors (Lipinski definition) is 4. The van der Waals surface area contributed by atoms with Gasteiger partial charge in [0.05, 0.1) is 22.7 Å². The monoisotopic (exact) mass is 484 g/mol. The van der Waals surface area contributed by atoms with Gasteiger partial charge in [0.2, 0.25) is 5.91 Å². The Hall–Kier alpha value is -3.84. The zero-order chi connectivity index (χ0) is 24.8. The number of aryl methyl sites for hydroxylation is 2. The Labute approximate surface area is 209 Å². The summed E-state index contributed by atoms with van der Waals surface area (Å²) in [6.07, 6.45) is 0. The number of anilines is 1. The number of carbonyl (C=O) groups is 2. The van der Waals surface area contributed by atoms with E-state index in [-0.39, 0.29) is 17.6 Å². The average Bonchev–Trinajstić information content (AvgIpc) is 3.16.